The zero-order valence-corrected chi connectivity index (χ0v) is 11.1. The van der Waals surface area contributed by atoms with Gasteiger partial charge in [-0.05, 0) is 36.8 Å². The monoisotopic (exact) mass is 300 g/mol. The van der Waals surface area contributed by atoms with Crippen LogP contribution in [0.3, 0.4) is 0 Å². The third kappa shape index (κ3) is 2.38. The molecule has 76 valence electrons. The molecule has 1 aromatic rings. The van der Waals surface area contributed by atoms with Crippen molar-refractivity contribution in [3.05, 3.63) is 41.0 Å². The van der Waals surface area contributed by atoms with Gasteiger partial charge in [-0.25, -0.2) is 0 Å². The van der Waals surface area contributed by atoms with Crippen LogP contribution in [0.4, 0.5) is 0 Å². The molecule has 0 saturated carbocycles. The van der Waals surface area contributed by atoms with Gasteiger partial charge in [-0.1, -0.05) is 42.8 Å². The maximum Gasteiger partial charge on any atom is -0.0182 e. The largest absolute Gasteiger partial charge is 0.107 e. The van der Waals surface area contributed by atoms with Crippen LogP contribution < -0.4 is 0 Å². The summed E-state index contributed by atoms with van der Waals surface area (Å²) in [6, 6.07) is 6.78. The number of benzene rings is 1. The van der Waals surface area contributed by atoms with E-state index in [0.717, 1.165) is 0 Å². The fraction of sp³-hybridized carbons (Fsp3) is 0.385. The van der Waals surface area contributed by atoms with Gasteiger partial charge in [0.05, 0.1) is 0 Å². The van der Waals surface area contributed by atoms with Gasteiger partial charge in [0.1, 0.15) is 0 Å². The van der Waals surface area contributed by atoms with Crippen molar-refractivity contribution in [3.63, 3.8) is 0 Å². The third-order valence-electron chi connectivity index (χ3n) is 2.84. The Bertz CT molecular complexity index is 339. The second-order valence-electron chi connectivity index (χ2n) is 4.01. The van der Waals surface area contributed by atoms with Crippen molar-refractivity contribution in [1.29, 1.82) is 0 Å². The average molecular weight is 300 g/mol. The highest BCUT2D eigenvalue weighted by atomic mass is 127. The van der Waals surface area contributed by atoms with Gasteiger partial charge >= 0.3 is 0 Å². The highest BCUT2D eigenvalue weighted by molar-refractivity contribution is 14.0. The molecule has 0 fully saturated rings. The summed E-state index contributed by atoms with van der Waals surface area (Å²) >= 11 is 0. The van der Waals surface area contributed by atoms with Crippen molar-refractivity contribution in [3.8, 4) is 0 Å². The van der Waals surface area contributed by atoms with Crippen molar-refractivity contribution in [2.24, 2.45) is 0 Å². The molecule has 0 amide bonds. The number of rotatable bonds is 0. The molecule has 1 unspecified atom stereocenters. The normalized spacial score (nSPS) is 19.4. The van der Waals surface area contributed by atoms with Crippen molar-refractivity contribution in [2.75, 3.05) is 0 Å². The summed E-state index contributed by atoms with van der Waals surface area (Å²) in [5.41, 5.74) is 4.29. The molecule has 0 bridgehead atoms. The number of hydrogen-bond acceptors (Lipinski definition) is 0. The van der Waals surface area contributed by atoms with E-state index in [9.17, 15) is 0 Å². The quantitative estimate of drug-likeness (QED) is 0.618. The minimum Gasteiger partial charge on any atom is -0.107 e. The summed E-state index contributed by atoms with van der Waals surface area (Å²) in [7, 11) is 0. The van der Waals surface area contributed by atoms with E-state index in [1.165, 1.54) is 29.5 Å². The van der Waals surface area contributed by atoms with Gasteiger partial charge in [0, 0.05) is 0 Å². The number of allylic oxidation sites excluding steroid dienone is 1. The zero-order valence-electron chi connectivity index (χ0n) is 8.79. The van der Waals surface area contributed by atoms with Crippen LogP contribution in [0.1, 0.15) is 42.4 Å². The first-order chi connectivity index (χ1) is 6.27. The van der Waals surface area contributed by atoms with E-state index in [-0.39, 0.29) is 24.0 Å². The summed E-state index contributed by atoms with van der Waals surface area (Å²) in [4.78, 5) is 0. The van der Waals surface area contributed by atoms with Crippen molar-refractivity contribution in [1.82, 2.24) is 0 Å². The van der Waals surface area contributed by atoms with E-state index >= 15 is 0 Å². The molecule has 1 aromatic carbocycles. The summed E-state index contributed by atoms with van der Waals surface area (Å²) < 4.78 is 0. The van der Waals surface area contributed by atoms with Gasteiger partial charge in [-0.3, -0.25) is 0 Å². The van der Waals surface area contributed by atoms with Crippen molar-refractivity contribution >= 4 is 30.1 Å². The van der Waals surface area contributed by atoms with Crippen LogP contribution in [0, 0.1) is 6.92 Å². The molecule has 1 heteroatoms. The number of fused-ring (bicyclic) bond motifs is 1. The Morgan fingerprint density at radius 1 is 1.29 bits per heavy atom. The second kappa shape index (κ2) is 4.96. The molecular weight excluding hydrogens is 283 g/mol. The average Bonchev–Trinajstić information content (AvgIpc) is 2.28. The lowest BCUT2D eigenvalue weighted by molar-refractivity contribution is 0.695. The fourth-order valence-corrected chi connectivity index (χ4v) is 2.00. The van der Waals surface area contributed by atoms with Crippen LogP contribution in [0.5, 0.6) is 0 Å². The van der Waals surface area contributed by atoms with Crippen molar-refractivity contribution < 1.29 is 0 Å². The van der Waals surface area contributed by atoms with E-state index in [2.05, 4.69) is 44.2 Å². The van der Waals surface area contributed by atoms with Crippen LogP contribution in [0.15, 0.2) is 24.3 Å². The molecule has 1 atom stereocenters. The lowest BCUT2D eigenvalue weighted by atomic mass is 9.93. The fourth-order valence-electron chi connectivity index (χ4n) is 2.00. The molecule has 1 aliphatic carbocycles. The minimum atomic E-state index is 0. The first-order valence-corrected chi connectivity index (χ1v) is 5.04. The molecule has 1 aliphatic rings. The first-order valence-electron chi connectivity index (χ1n) is 5.04. The van der Waals surface area contributed by atoms with Gasteiger partial charge in [0.15, 0.2) is 0 Å². The highest BCUT2D eigenvalue weighted by Gasteiger charge is 2.10. The Morgan fingerprint density at radius 2 is 2.07 bits per heavy atom. The smallest absolute Gasteiger partial charge is 0.0182 e. The van der Waals surface area contributed by atoms with E-state index in [0.29, 0.717) is 5.92 Å². The van der Waals surface area contributed by atoms with Gasteiger partial charge in [0.25, 0.3) is 0 Å². The van der Waals surface area contributed by atoms with E-state index < -0.39 is 0 Å². The minimum absolute atomic E-state index is 0. The number of halogens is 1. The number of hydrogen-bond donors (Lipinski definition) is 0. The lowest BCUT2D eigenvalue weighted by Crippen LogP contribution is -1.94. The maximum atomic E-state index is 2.32. The molecule has 0 saturated heterocycles. The Labute approximate surface area is 103 Å². The van der Waals surface area contributed by atoms with Crippen LogP contribution >= 0.6 is 24.0 Å². The molecular formula is C13H17I. The molecule has 0 aromatic heterocycles. The van der Waals surface area contributed by atoms with Crippen LogP contribution in [-0.2, 0) is 0 Å². The summed E-state index contributed by atoms with van der Waals surface area (Å²) in [5.74, 6) is 0.714. The van der Waals surface area contributed by atoms with E-state index in [4.69, 9.17) is 0 Å². The van der Waals surface area contributed by atoms with Crippen LogP contribution in [0.25, 0.3) is 6.08 Å². The van der Waals surface area contributed by atoms with E-state index in [1.807, 2.05) is 0 Å². The van der Waals surface area contributed by atoms with Gasteiger partial charge in [-0.2, -0.15) is 0 Å². The lowest BCUT2D eigenvalue weighted by Gasteiger charge is -2.12. The maximum absolute atomic E-state index is 2.32. The molecule has 0 N–H and O–H groups in total. The predicted molar refractivity (Wildman–Crippen MR) is 73.3 cm³/mol. The molecule has 2 rings (SSSR count). The molecule has 0 heterocycles. The van der Waals surface area contributed by atoms with Crippen molar-refractivity contribution in [2.45, 2.75) is 32.6 Å². The third-order valence-corrected chi connectivity index (χ3v) is 2.84. The SMILES string of the molecule is Cc1ccc2c(c1)C=CCCC2C.I. The van der Waals surface area contributed by atoms with Crippen LogP contribution in [-0.4, -0.2) is 0 Å². The molecule has 0 spiro atoms. The second-order valence-corrected chi connectivity index (χ2v) is 4.01. The number of aryl methyl sites for hydroxylation is 1. The molecule has 0 radical (unpaired) electrons. The first kappa shape index (κ1) is 11.8. The summed E-state index contributed by atoms with van der Waals surface area (Å²) in [6.45, 7) is 4.48. The Hall–Kier alpha value is -0.310. The Morgan fingerprint density at radius 3 is 2.86 bits per heavy atom. The Kier molecular flexibility index (Phi) is 4.17. The van der Waals surface area contributed by atoms with Gasteiger partial charge < -0.3 is 0 Å². The topological polar surface area (TPSA) is 0 Å². The van der Waals surface area contributed by atoms with Gasteiger partial charge in [0.2, 0.25) is 0 Å². The Balaban J connectivity index is 0.000000980. The van der Waals surface area contributed by atoms with Gasteiger partial charge in [-0.15, -0.1) is 24.0 Å². The highest BCUT2D eigenvalue weighted by Crippen LogP contribution is 2.29. The zero-order chi connectivity index (χ0) is 9.26. The van der Waals surface area contributed by atoms with E-state index in [1.54, 1.807) is 0 Å². The molecule has 0 nitrogen and oxygen atoms in total. The summed E-state index contributed by atoms with van der Waals surface area (Å²) in [6.07, 6.45) is 7.06. The molecule has 14 heavy (non-hydrogen) atoms. The molecule has 0 aliphatic heterocycles. The summed E-state index contributed by atoms with van der Waals surface area (Å²) in [5, 5.41) is 0. The predicted octanol–water partition coefficient (Wildman–Crippen LogP) is 4.52. The standard InChI is InChI=1S/C13H16.HI/c1-10-7-8-13-11(2)5-3-4-6-12(13)9-10;/h4,6-9,11H,3,5H2,1-2H3;1H. The van der Waals surface area contributed by atoms with Crippen LogP contribution in [0.2, 0.25) is 0 Å².